The molecule has 10 rings (SSSR count). The van der Waals surface area contributed by atoms with Crippen LogP contribution in [0, 0.1) is 0 Å². The Labute approximate surface area is 612 Å². The molecule has 545 valence electrons. The first kappa shape index (κ1) is 85.3. The summed E-state index contributed by atoms with van der Waals surface area (Å²) in [7, 11) is -22.3. The minimum atomic E-state index is -4.45. The first-order chi connectivity index (χ1) is 47.7. The molecule has 10 aromatic rings. The van der Waals surface area contributed by atoms with Crippen molar-refractivity contribution < 1.29 is 83.4 Å². The molecule has 0 saturated carbocycles. The van der Waals surface area contributed by atoms with Gasteiger partial charge in [0, 0.05) is 18.6 Å². The molecule has 0 aliphatic heterocycles. The third-order valence-electron chi connectivity index (χ3n) is 17.6. The molecule has 0 atom stereocenters. The molecule has 10 aromatic carbocycles. The maximum atomic E-state index is 11.6. The van der Waals surface area contributed by atoms with E-state index in [9.17, 15) is 64.9 Å². The number of rotatable bonds is 30. The summed E-state index contributed by atoms with van der Waals surface area (Å²) < 4.78 is 174. The summed E-state index contributed by atoms with van der Waals surface area (Å²) in [5.41, 5.74) is 3.24. The van der Waals surface area contributed by atoms with Crippen LogP contribution in [0.15, 0.2) is 206 Å². The number of hydrogen-bond acceptors (Lipinski definition) is 15. The fourth-order valence-corrected chi connectivity index (χ4v) is 17.3. The van der Waals surface area contributed by atoms with Crippen LogP contribution >= 0.6 is 0 Å². The van der Waals surface area contributed by atoms with Gasteiger partial charge in [-0.3, -0.25) is 0 Å². The van der Waals surface area contributed by atoms with Crippen molar-refractivity contribution in [3.8, 4) is 0 Å². The summed E-state index contributed by atoms with van der Waals surface area (Å²) in [5.74, 6) is 0. The zero-order chi connectivity index (χ0) is 72.9. The van der Waals surface area contributed by atoms with Gasteiger partial charge >= 0.3 is 0 Å². The summed E-state index contributed by atoms with van der Waals surface area (Å²) in [4.78, 5) is -0.175. The van der Waals surface area contributed by atoms with E-state index >= 15 is 0 Å². The third kappa shape index (κ3) is 26.1. The number of hydrogen-bond donors (Lipinski definition) is 0. The molecule has 0 saturated heterocycles. The van der Waals surface area contributed by atoms with Crippen LogP contribution in [0.2, 0.25) is 0 Å². The number of aryl methyl sites for hydroxylation is 5. The van der Waals surface area contributed by atoms with E-state index in [1.807, 2.05) is 91.0 Å². The van der Waals surface area contributed by atoms with Gasteiger partial charge in [-0.25, -0.2) is 42.1 Å². The van der Waals surface area contributed by atoms with Gasteiger partial charge in [0.15, 0.2) is 0 Å². The van der Waals surface area contributed by atoms with E-state index in [-0.39, 0.29) is 43.0 Å². The Bertz CT molecular complexity index is 4170. The van der Waals surface area contributed by atoms with Crippen LogP contribution in [-0.4, -0.2) is 64.9 Å². The molecular formula is C80H95O15S5V-5. The molecule has 0 unspecified atom stereocenters. The van der Waals surface area contributed by atoms with Gasteiger partial charge in [0.1, 0.15) is 50.6 Å². The molecule has 0 heterocycles. The minimum Gasteiger partial charge on any atom is -0.744 e. The van der Waals surface area contributed by atoms with Gasteiger partial charge in [-0.2, -0.15) is 0 Å². The molecule has 0 amide bonds. The summed E-state index contributed by atoms with van der Waals surface area (Å²) >= 11 is 0. The number of fused-ring (bicyclic) bond motifs is 5. The first-order valence-electron chi connectivity index (χ1n) is 35.0. The SMILES string of the molecule is CCCCCCc1ccc2ccccc2c1S(=O)(=O)[O-].CCCCCCc1ccc2ccccc2c1S(=O)(=O)[O-].CCCCCCc1ccc2ccccc2c1S(=O)(=O)[O-].CCCCCCc1ccc2ccccc2c1S(=O)(=O)[O-].CCCCCCc1ccc2ccccc2c1S(=O)(=O)[O-].[V]. The Kier molecular flexibility index (Phi) is 35.3. The first-order valence-corrected chi connectivity index (χ1v) is 42.1. The van der Waals surface area contributed by atoms with Gasteiger partial charge in [0.25, 0.3) is 0 Å². The third-order valence-corrected chi connectivity index (χ3v) is 22.5. The second kappa shape index (κ2) is 41.8. The predicted octanol–water partition coefficient (Wildman–Crippen LogP) is 19.3. The van der Waals surface area contributed by atoms with E-state index < -0.39 is 50.6 Å². The minimum absolute atomic E-state index is 0. The summed E-state index contributed by atoms with van der Waals surface area (Å²) in [6.45, 7) is 10.6. The standard InChI is InChI=1S/5C16H20O3S.V/c5*1-2-3-4-5-9-14-12-11-13-8-6-7-10-15(13)16(14)20(17,18)19;/h5*6-8,10-12H,2-5,9H2,1H3,(H,17,18,19);/p-5. The Hall–Kier alpha value is -6.37. The maximum absolute atomic E-state index is 11.6. The van der Waals surface area contributed by atoms with E-state index in [1.165, 1.54) is 0 Å². The van der Waals surface area contributed by atoms with E-state index in [1.54, 1.807) is 91.0 Å². The van der Waals surface area contributed by atoms with Crippen molar-refractivity contribution in [3.63, 3.8) is 0 Å². The number of unbranched alkanes of at least 4 members (excludes halogenated alkanes) is 15. The van der Waals surface area contributed by atoms with Crippen LogP contribution < -0.4 is 0 Å². The summed E-state index contributed by atoms with van der Waals surface area (Å²) in [6, 6.07) is 54.0. The van der Waals surface area contributed by atoms with E-state index in [2.05, 4.69) is 34.6 Å². The summed E-state index contributed by atoms with van der Waals surface area (Å²) in [6.07, 6.45) is 24.4. The van der Waals surface area contributed by atoms with Gasteiger partial charge in [0.2, 0.25) is 0 Å². The average molecular weight is 1510 g/mol. The van der Waals surface area contributed by atoms with E-state index in [4.69, 9.17) is 0 Å². The quantitative estimate of drug-likeness (QED) is 0.0299. The van der Waals surface area contributed by atoms with Gasteiger partial charge < -0.3 is 22.8 Å². The molecule has 15 nitrogen and oxygen atoms in total. The van der Waals surface area contributed by atoms with Crippen LogP contribution in [0.4, 0.5) is 0 Å². The Morgan fingerprint density at radius 1 is 0.208 bits per heavy atom. The zero-order valence-corrected chi connectivity index (χ0v) is 64.1. The van der Waals surface area contributed by atoms with Crippen molar-refractivity contribution in [1.29, 1.82) is 0 Å². The molecule has 0 aromatic heterocycles. The van der Waals surface area contributed by atoms with E-state index in [0.717, 1.165) is 155 Å². The average Bonchev–Trinajstić information content (AvgIpc) is 0.817. The molecular weight excluding hydrogens is 1410 g/mol. The van der Waals surface area contributed by atoms with Crippen LogP contribution in [-0.2, 0) is 101 Å². The summed E-state index contributed by atoms with van der Waals surface area (Å²) in [5, 5.41) is 6.64. The smallest absolute Gasteiger partial charge is 0.125 e. The Morgan fingerprint density at radius 2 is 0.356 bits per heavy atom. The largest absolute Gasteiger partial charge is 0.744 e. The predicted molar refractivity (Wildman–Crippen MR) is 399 cm³/mol. The van der Waals surface area contributed by atoms with Gasteiger partial charge in [-0.1, -0.05) is 313 Å². The van der Waals surface area contributed by atoms with Gasteiger partial charge in [-0.15, -0.1) is 0 Å². The molecule has 1 radical (unpaired) electrons. The fourth-order valence-electron chi connectivity index (χ4n) is 12.6. The van der Waals surface area contributed by atoms with Crippen molar-refractivity contribution in [2.24, 2.45) is 0 Å². The monoisotopic (exact) mass is 1510 g/mol. The van der Waals surface area contributed by atoms with E-state index in [0.29, 0.717) is 86.9 Å². The second-order valence-corrected chi connectivity index (χ2v) is 31.8. The molecule has 0 fully saturated rings. The van der Waals surface area contributed by atoms with Gasteiger partial charge in [-0.05, 0) is 146 Å². The maximum Gasteiger partial charge on any atom is 0.125 e. The molecule has 101 heavy (non-hydrogen) atoms. The molecule has 0 spiro atoms. The van der Waals surface area contributed by atoms with Crippen LogP contribution in [0.1, 0.15) is 191 Å². The van der Waals surface area contributed by atoms with Crippen molar-refractivity contribution in [3.05, 3.63) is 210 Å². The zero-order valence-electron chi connectivity index (χ0n) is 58.6. The fraction of sp³-hybridized carbons (Fsp3) is 0.375. The van der Waals surface area contributed by atoms with Crippen molar-refractivity contribution in [2.45, 2.75) is 220 Å². The van der Waals surface area contributed by atoms with Crippen molar-refractivity contribution >= 4 is 104 Å². The Balaban J connectivity index is 0.000000227. The van der Waals surface area contributed by atoms with Crippen molar-refractivity contribution in [2.75, 3.05) is 0 Å². The molecule has 21 heteroatoms. The second-order valence-electron chi connectivity index (χ2n) is 25.2. The molecule has 0 N–H and O–H groups in total. The topological polar surface area (TPSA) is 286 Å². The molecule has 0 aliphatic carbocycles. The van der Waals surface area contributed by atoms with Crippen LogP contribution in [0.3, 0.4) is 0 Å². The van der Waals surface area contributed by atoms with Crippen molar-refractivity contribution in [1.82, 2.24) is 0 Å². The Morgan fingerprint density at radius 3 is 0.495 bits per heavy atom. The van der Waals surface area contributed by atoms with Crippen LogP contribution in [0.25, 0.3) is 53.9 Å². The molecule has 0 aliphatic rings. The molecule has 0 bridgehead atoms. The van der Waals surface area contributed by atoms with Crippen LogP contribution in [0.5, 0.6) is 0 Å². The number of benzene rings is 10. The van der Waals surface area contributed by atoms with Gasteiger partial charge in [0.05, 0.1) is 24.5 Å². The normalized spacial score (nSPS) is 11.8.